The minimum absolute atomic E-state index is 0.0485. The Kier molecular flexibility index (Phi) is 6.08. The van der Waals surface area contributed by atoms with Gasteiger partial charge in [-0.1, -0.05) is 56.3 Å². The van der Waals surface area contributed by atoms with Crippen LogP contribution >= 0.6 is 0 Å². The van der Waals surface area contributed by atoms with Crippen molar-refractivity contribution in [2.24, 2.45) is 0 Å². The molecule has 0 aliphatic carbocycles. The predicted molar refractivity (Wildman–Crippen MR) is 107 cm³/mol. The van der Waals surface area contributed by atoms with Crippen molar-refractivity contribution in [2.75, 3.05) is 13.1 Å². The molecule has 0 radical (unpaired) electrons. The molecular weight excluding hydrogens is 322 g/mol. The van der Waals surface area contributed by atoms with Crippen LogP contribution < -0.4 is 5.32 Å². The summed E-state index contributed by atoms with van der Waals surface area (Å²) in [5.74, 6) is 0.0485. The van der Waals surface area contributed by atoms with Gasteiger partial charge in [0.15, 0.2) is 0 Å². The van der Waals surface area contributed by atoms with Crippen molar-refractivity contribution in [3.8, 4) is 0 Å². The van der Waals surface area contributed by atoms with E-state index < -0.39 is 0 Å². The fourth-order valence-corrected chi connectivity index (χ4v) is 3.28. The maximum Gasteiger partial charge on any atom is 0.224 e. The molecule has 0 bridgehead atoms. The highest BCUT2D eigenvalue weighted by Gasteiger charge is 2.10. The predicted octanol–water partition coefficient (Wildman–Crippen LogP) is 3.87. The van der Waals surface area contributed by atoms with Gasteiger partial charge in [-0.3, -0.25) is 9.69 Å². The van der Waals surface area contributed by atoms with Gasteiger partial charge in [0.2, 0.25) is 5.91 Å². The van der Waals surface area contributed by atoms with Gasteiger partial charge in [0.25, 0.3) is 0 Å². The lowest BCUT2D eigenvalue weighted by Crippen LogP contribution is -2.27. The molecule has 0 unspecified atom stereocenters. The molecule has 1 aromatic heterocycles. The van der Waals surface area contributed by atoms with Crippen molar-refractivity contribution >= 4 is 16.8 Å². The van der Waals surface area contributed by atoms with E-state index in [2.05, 4.69) is 47.2 Å². The van der Waals surface area contributed by atoms with Crippen molar-refractivity contribution in [2.45, 2.75) is 33.4 Å². The third kappa shape index (κ3) is 4.33. The van der Waals surface area contributed by atoms with Crippen LogP contribution in [0.25, 0.3) is 10.9 Å². The van der Waals surface area contributed by atoms with Gasteiger partial charge in [-0.05, 0) is 35.8 Å². The summed E-state index contributed by atoms with van der Waals surface area (Å²) in [7, 11) is 0. The monoisotopic (exact) mass is 349 g/mol. The summed E-state index contributed by atoms with van der Waals surface area (Å²) in [6.45, 7) is 7.89. The summed E-state index contributed by atoms with van der Waals surface area (Å²) < 4.78 is 0. The van der Waals surface area contributed by atoms with Gasteiger partial charge in [0.1, 0.15) is 0 Å². The lowest BCUT2D eigenvalue weighted by Gasteiger charge is -2.20. The van der Waals surface area contributed by atoms with Crippen LogP contribution in [0, 0.1) is 0 Å². The Balaban J connectivity index is 1.63. The largest absolute Gasteiger partial charge is 0.361 e. The minimum atomic E-state index is 0.0485. The Labute approximate surface area is 155 Å². The van der Waals surface area contributed by atoms with Crippen LogP contribution in [0.1, 0.15) is 30.5 Å². The molecule has 136 valence electrons. The summed E-state index contributed by atoms with van der Waals surface area (Å²) in [4.78, 5) is 18.0. The van der Waals surface area contributed by atoms with Gasteiger partial charge in [0, 0.05) is 30.2 Å². The molecule has 4 nitrogen and oxygen atoms in total. The highest BCUT2D eigenvalue weighted by Crippen LogP contribution is 2.18. The van der Waals surface area contributed by atoms with Crippen LogP contribution in [-0.4, -0.2) is 28.9 Å². The molecule has 0 fully saturated rings. The number of carbonyl (C=O) groups is 1. The lowest BCUT2D eigenvalue weighted by molar-refractivity contribution is -0.120. The number of hydrogen-bond donors (Lipinski definition) is 2. The first kappa shape index (κ1) is 18.2. The quantitative estimate of drug-likeness (QED) is 0.648. The van der Waals surface area contributed by atoms with Crippen LogP contribution in [0.2, 0.25) is 0 Å². The number of benzene rings is 2. The summed E-state index contributed by atoms with van der Waals surface area (Å²) in [5, 5.41) is 4.20. The first-order valence-electron chi connectivity index (χ1n) is 9.32. The third-order valence-electron chi connectivity index (χ3n) is 4.91. The number of H-pyrrole nitrogens is 1. The van der Waals surface area contributed by atoms with E-state index in [1.165, 1.54) is 11.1 Å². The molecule has 0 atom stereocenters. The maximum atomic E-state index is 12.4. The minimum Gasteiger partial charge on any atom is -0.361 e. The second-order valence-electron chi connectivity index (χ2n) is 6.54. The second kappa shape index (κ2) is 8.68. The van der Waals surface area contributed by atoms with Crippen LogP contribution in [0.3, 0.4) is 0 Å². The maximum absolute atomic E-state index is 12.4. The molecule has 1 heterocycles. The molecule has 3 rings (SSSR count). The fourth-order valence-electron chi connectivity index (χ4n) is 3.28. The van der Waals surface area contributed by atoms with Gasteiger partial charge < -0.3 is 10.3 Å². The summed E-state index contributed by atoms with van der Waals surface area (Å²) in [6, 6.07) is 16.4. The Morgan fingerprint density at radius 1 is 0.962 bits per heavy atom. The number of nitrogens with zero attached hydrogens (tertiary/aromatic N) is 1. The van der Waals surface area contributed by atoms with E-state index >= 15 is 0 Å². The van der Waals surface area contributed by atoms with Gasteiger partial charge in [0.05, 0.1) is 6.42 Å². The van der Waals surface area contributed by atoms with Crippen LogP contribution in [0.5, 0.6) is 0 Å². The van der Waals surface area contributed by atoms with E-state index in [0.717, 1.165) is 36.1 Å². The average Bonchev–Trinajstić information content (AvgIpc) is 3.08. The molecule has 26 heavy (non-hydrogen) atoms. The van der Waals surface area contributed by atoms with E-state index in [4.69, 9.17) is 0 Å². The number of amides is 1. The normalized spacial score (nSPS) is 11.2. The standard InChI is InChI=1S/C22H27N3O/c1-3-25(4-2)16-18-10-6-5-9-17(18)14-24-22(26)13-19-15-23-21-12-8-7-11-20(19)21/h5-12,15,23H,3-4,13-14,16H2,1-2H3,(H,24,26). The highest BCUT2D eigenvalue weighted by atomic mass is 16.1. The number of hydrogen-bond acceptors (Lipinski definition) is 2. The first-order chi connectivity index (χ1) is 12.7. The van der Waals surface area contributed by atoms with Crippen molar-refractivity contribution in [1.82, 2.24) is 15.2 Å². The number of aromatic amines is 1. The fraction of sp³-hybridized carbons (Fsp3) is 0.318. The SMILES string of the molecule is CCN(CC)Cc1ccccc1CNC(=O)Cc1c[nH]c2ccccc12. The Bertz CT molecular complexity index is 864. The van der Waals surface area contributed by atoms with Crippen molar-refractivity contribution in [1.29, 1.82) is 0 Å². The number of rotatable bonds is 8. The summed E-state index contributed by atoms with van der Waals surface area (Å²) in [5.41, 5.74) is 4.57. The average molecular weight is 349 g/mol. The molecule has 2 N–H and O–H groups in total. The lowest BCUT2D eigenvalue weighted by atomic mass is 10.1. The van der Waals surface area contributed by atoms with E-state index in [1.807, 2.05) is 36.5 Å². The molecular formula is C22H27N3O. The Morgan fingerprint density at radius 2 is 1.65 bits per heavy atom. The number of aromatic nitrogens is 1. The molecule has 0 saturated heterocycles. The Morgan fingerprint density at radius 3 is 2.42 bits per heavy atom. The van der Waals surface area contributed by atoms with Crippen molar-refractivity contribution < 1.29 is 4.79 Å². The zero-order valence-electron chi connectivity index (χ0n) is 15.6. The third-order valence-corrected chi connectivity index (χ3v) is 4.91. The smallest absolute Gasteiger partial charge is 0.224 e. The van der Waals surface area contributed by atoms with E-state index in [9.17, 15) is 4.79 Å². The molecule has 0 saturated carbocycles. The van der Waals surface area contributed by atoms with Crippen molar-refractivity contribution in [3.63, 3.8) is 0 Å². The van der Waals surface area contributed by atoms with Gasteiger partial charge in [-0.15, -0.1) is 0 Å². The van der Waals surface area contributed by atoms with E-state index in [1.54, 1.807) is 0 Å². The molecule has 0 spiro atoms. The van der Waals surface area contributed by atoms with Crippen LogP contribution in [0.15, 0.2) is 54.7 Å². The number of fused-ring (bicyclic) bond motifs is 1. The summed E-state index contributed by atoms with van der Waals surface area (Å²) >= 11 is 0. The molecule has 2 aromatic carbocycles. The second-order valence-corrected chi connectivity index (χ2v) is 6.54. The van der Waals surface area contributed by atoms with Gasteiger partial charge in [-0.2, -0.15) is 0 Å². The van der Waals surface area contributed by atoms with Gasteiger partial charge in [-0.25, -0.2) is 0 Å². The van der Waals surface area contributed by atoms with Crippen molar-refractivity contribution in [3.05, 3.63) is 71.4 Å². The molecule has 0 aliphatic rings. The number of nitrogens with one attached hydrogen (secondary N) is 2. The van der Waals surface area contributed by atoms with Crippen LogP contribution in [0.4, 0.5) is 0 Å². The van der Waals surface area contributed by atoms with E-state index in [0.29, 0.717) is 13.0 Å². The molecule has 0 aliphatic heterocycles. The molecule has 3 aromatic rings. The van der Waals surface area contributed by atoms with Gasteiger partial charge >= 0.3 is 0 Å². The molecule has 1 amide bonds. The van der Waals surface area contributed by atoms with Crippen LogP contribution in [-0.2, 0) is 24.3 Å². The zero-order chi connectivity index (χ0) is 18.4. The number of para-hydroxylation sites is 1. The highest BCUT2D eigenvalue weighted by molar-refractivity contribution is 5.88. The summed E-state index contributed by atoms with van der Waals surface area (Å²) in [6.07, 6.45) is 2.32. The number of carbonyl (C=O) groups excluding carboxylic acids is 1. The zero-order valence-corrected chi connectivity index (χ0v) is 15.6. The molecule has 4 heteroatoms. The first-order valence-corrected chi connectivity index (χ1v) is 9.32. The topological polar surface area (TPSA) is 48.1 Å². The Hall–Kier alpha value is -2.59. The van der Waals surface area contributed by atoms with E-state index in [-0.39, 0.29) is 5.91 Å².